The molecule has 0 atom stereocenters. The number of carbonyl (C=O) groups excluding carboxylic acids is 2. The van der Waals surface area contributed by atoms with E-state index in [1.165, 1.54) is 25.3 Å². The molecule has 7 nitrogen and oxygen atoms in total. The molecule has 4 rings (SSSR count). The quantitative estimate of drug-likeness (QED) is 0.280. The molecule has 2 heterocycles. The number of hydrogen-bond donors (Lipinski definition) is 2. The first-order valence-electron chi connectivity index (χ1n) is 9.79. The van der Waals surface area contributed by atoms with Gasteiger partial charge in [0.1, 0.15) is 0 Å². The molecule has 0 aliphatic rings. The van der Waals surface area contributed by atoms with Crippen molar-refractivity contribution in [3.05, 3.63) is 94.8 Å². The third kappa shape index (κ3) is 3.39. The van der Waals surface area contributed by atoms with Gasteiger partial charge in [-0.15, -0.1) is 0 Å². The van der Waals surface area contributed by atoms with E-state index in [9.17, 15) is 19.5 Å². The summed E-state index contributed by atoms with van der Waals surface area (Å²) in [5.74, 6) is -1.98. The van der Waals surface area contributed by atoms with Gasteiger partial charge in [0.15, 0.2) is 0 Å². The smallest absolute Gasteiger partial charge is 0.337 e. The number of esters is 1. The molecule has 0 radical (unpaired) electrons. The third-order valence-electron chi connectivity index (χ3n) is 5.42. The van der Waals surface area contributed by atoms with Gasteiger partial charge in [-0.05, 0) is 60.5 Å². The number of nitrogen functional groups attached to an aromatic ring is 1. The number of benzene rings is 2. The fraction of sp³-hybridized carbons (Fsp3) is 0.0800. The highest BCUT2D eigenvalue weighted by Gasteiger charge is 2.24. The molecule has 4 aromatic rings. The predicted octanol–water partition coefficient (Wildman–Crippen LogP) is 4.21. The molecule has 0 aliphatic carbocycles. The average molecular weight is 428 g/mol. The molecule has 0 saturated heterocycles. The van der Waals surface area contributed by atoms with Crippen molar-refractivity contribution in [1.29, 1.82) is 0 Å². The molecule has 2 aromatic heterocycles. The van der Waals surface area contributed by atoms with E-state index in [0.29, 0.717) is 16.8 Å². The number of pyridine rings is 1. The summed E-state index contributed by atoms with van der Waals surface area (Å²) in [5.41, 5.74) is 9.78. The maximum atomic E-state index is 13.5. The van der Waals surface area contributed by atoms with Gasteiger partial charge >= 0.3 is 11.9 Å². The van der Waals surface area contributed by atoms with Crippen LogP contribution in [-0.4, -0.2) is 34.3 Å². The van der Waals surface area contributed by atoms with E-state index in [-0.39, 0.29) is 22.6 Å². The first-order chi connectivity index (χ1) is 15.3. The fourth-order valence-electron chi connectivity index (χ4n) is 3.92. The molecule has 0 fully saturated rings. The van der Waals surface area contributed by atoms with Gasteiger partial charge in [0, 0.05) is 23.0 Å². The largest absolute Gasteiger partial charge is 0.478 e. The zero-order valence-corrected chi connectivity index (χ0v) is 17.5. The standard InChI is InChI=1S/C25H20N2O5/c1-14-21(15-6-5-7-17(12-15)25(31)32-2)20-8-3-4-11-27(20)22(14)23(28)16-9-10-19(26)18(13-16)24(29)30/h3-13H,26H2,1-2H3,(H,29,30). The number of nitrogens with zero attached hydrogens (tertiary/aromatic N) is 1. The van der Waals surface area contributed by atoms with E-state index in [0.717, 1.165) is 16.6 Å². The highest BCUT2D eigenvalue weighted by Crippen LogP contribution is 2.34. The van der Waals surface area contributed by atoms with Crippen molar-refractivity contribution >= 4 is 28.9 Å². The van der Waals surface area contributed by atoms with Crippen LogP contribution in [0.4, 0.5) is 5.69 Å². The van der Waals surface area contributed by atoms with E-state index in [2.05, 4.69) is 0 Å². The maximum Gasteiger partial charge on any atom is 0.337 e. The number of hydrogen-bond acceptors (Lipinski definition) is 5. The lowest BCUT2D eigenvalue weighted by atomic mass is 9.97. The maximum absolute atomic E-state index is 13.5. The summed E-state index contributed by atoms with van der Waals surface area (Å²) in [6.07, 6.45) is 1.78. The van der Waals surface area contributed by atoms with Gasteiger partial charge in [0.2, 0.25) is 5.78 Å². The molecule has 0 amide bonds. The molecule has 0 saturated carbocycles. The third-order valence-corrected chi connectivity index (χ3v) is 5.42. The summed E-state index contributed by atoms with van der Waals surface area (Å²) in [7, 11) is 1.32. The second-order valence-electron chi connectivity index (χ2n) is 7.31. The Morgan fingerprint density at radius 2 is 1.75 bits per heavy atom. The van der Waals surface area contributed by atoms with Gasteiger partial charge < -0.3 is 20.0 Å². The molecule has 0 spiro atoms. The number of aromatic nitrogens is 1. The van der Waals surface area contributed by atoms with Crippen LogP contribution in [0.3, 0.4) is 0 Å². The first kappa shape index (κ1) is 20.9. The highest BCUT2D eigenvalue weighted by molar-refractivity contribution is 6.13. The summed E-state index contributed by atoms with van der Waals surface area (Å²) in [4.78, 5) is 37.0. The monoisotopic (exact) mass is 428 g/mol. The Bertz CT molecular complexity index is 1400. The Morgan fingerprint density at radius 1 is 0.969 bits per heavy atom. The molecule has 0 aliphatic heterocycles. The van der Waals surface area contributed by atoms with E-state index >= 15 is 0 Å². The van der Waals surface area contributed by atoms with Gasteiger partial charge in [0.25, 0.3) is 0 Å². The van der Waals surface area contributed by atoms with Gasteiger partial charge in [-0.3, -0.25) is 4.79 Å². The van der Waals surface area contributed by atoms with E-state index < -0.39 is 11.9 Å². The molecule has 32 heavy (non-hydrogen) atoms. The Morgan fingerprint density at radius 3 is 2.47 bits per heavy atom. The minimum absolute atomic E-state index is 0.0890. The van der Waals surface area contributed by atoms with Crippen LogP contribution in [0.25, 0.3) is 16.6 Å². The topological polar surface area (TPSA) is 111 Å². The number of methoxy groups -OCH3 is 1. The second-order valence-corrected chi connectivity index (χ2v) is 7.31. The summed E-state index contributed by atoms with van der Waals surface area (Å²) >= 11 is 0. The number of ether oxygens (including phenoxy) is 1. The molecule has 2 aromatic carbocycles. The van der Waals surface area contributed by atoms with Crippen LogP contribution >= 0.6 is 0 Å². The number of nitrogens with two attached hydrogens (primary N) is 1. The summed E-state index contributed by atoms with van der Waals surface area (Å²) < 4.78 is 6.60. The molecule has 7 heteroatoms. The minimum Gasteiger partial charge on any atom is -0.478 e. The van der Waals surface area contributed by atoms with Crippen LogP contribution in [0.15, 0.2) is 66.9 Å². The Labute approximate surface area is 183 Å². The number of fused-ring (bicyclic) bond motifs is 1. The second kappa shape index (κ2) is 8.03. The predicted molar refractivity (Wildman–Crippen MR) is 120 cm³/mol. The lowest BCUT2D eigenvalue weighted by Gasteiger charge is -2.07. The number of ketones is 1. The van der Waals surface area contributed by atoms with Crippen molar-refractivity contribution in [2.45, 2.75) is 6.92 Å². The van der Waals surface area contributed by atoms with Crippen molar-refractivity contribution in [2.75, 3.05) is 12.8 Å². The van der Waals surface area contributed by atoms with Crippen LogP contribution in [-0.2, 0) is 4.74 Å². The zero-order valence-electron chi connectivity index (χ0n) is 17.5. The first-order valence-corrected chi connectivity index (χ1v) is 9.79. The number of aromatic carboxylic acids is 1. The minimum atomic E-state index is -1.20. The van der Waals surface area contributed by atoms with E-state index in [4.69, 9.17) is 10.5 Å². The summed E-state index contributed by atoms with van der Waals surface area (Å²) in [6.45, 7) is 1.83. The van der Waals surface area contributed by atoms with E-state index in [1.54, 1.807) is 28.8 Å². The SMILES string of the molecule is COC(=O)c1cccc(-c2c(C)c(C(=O)c3ccc(N)c(C(=O)O)c3)n3ccccc23)c1. The number of carboxylic acids is 1. The fourth-order valence-corrected chi connectivity index (χ4v) is 3.92. The van der Waals surface area contributed by atoms with Crippen molar-refractivity contribution in [1.82, 2.24) is 4.40 Å². The highest BCUT2D eigenvalue weighted by atomic mass is 16.5. The number of carboxylic acid groups (broad SMARTS) is 1. The van der Waals surface area contributed by atoms with Crippen LogP contribution in [0.2, 0.25) is 0 Å². The zero-order chi connectivity index (χ0) is 23.0. The Kier molecular flexibility index (Phi) is 5.24. The number of carbonyl (C=O) groups is 3. The van der Waals surface area contributed by atoms with Crippen LogP contribution in [0.5, 0.6) is 0 Å². The van der Waals surface area contributed by atoms with E-state index in [1.807, 2.05) is 31.2 Å². The number of rotatable bonds is 5. The van der Waals surface area contributed by atoms with Gasteiger partial charge in [0.05, 0.1) is 29.4 Å². The van der Waals surface area contributed by atoms with Gasteiger partial charge in [-0.2, -0.15) is 0 Å². The molecule has 0 unspecified atom stereocenters. The van der Waals surface area contributed by atoms with Crippen LogP contribution in [0.1, 0.15) is 42.3 Å². The van der Waals surface area contributed by atoms with Crippen molar-refractivity contribution in [3.63, 3.8) is 0 Å². The van der Waals surface area contributed by atoms with Crippen LogP contribution in [0, 0.1) is 6.92 Å². The Hall–Kier alpha value is -4.39. The van der Waals surface area contributed by atoms with Gasteiger partial charge in [-0.25, -0.2) is 9.59 Å². The average Bonchev–Trinajstić information content (AvgIpc) is 3.09. The summed E-state index contributed by atoms with van der Waals surface area (Å²) in [6, 6.07) is 16.8. The van der Waals surface area contributed by atoms with Crippen LogP contribution < -0.4 is 5.73 Å². The van der Waals surface area contributed by atoms with Crippen molar-refractivity contribution in [3.8, 4) is 11.1 Å². The van der Waals surface area contributed by atoms with Gasteiger partial charge in [-0.1, -0.05) is 18.2 Å². The number of anilines is 1. The molecular formula is C25H20N2O5. The van der Waals surface area contributed by atoms with Crippen molar-refractivity contribution < 1.29 is 24.2 Å². The molecule has 3 N–H and O–H groups in total. The summed E-state index contributed by atoms with van der Waals surface area (Å²) in [5, 5.41) is 9.38. The lowest BCUT2D eigenvalue weighted by Crippen LogP contribution is -2.10. The lowest BCUT2D eigenvalue weighted by molar-refractivity contribution is 0.0599. The Balaban J connectivity index is 1.93. The molecule has 160 valence electrons. The van der Waals surface area contributed by atoms with Crippen molar-refractivity contribution in [2.24, 2.45) is 0 Å². The molecular weight excluding hydrogens is 408 g/mol. The molecule has 0 bridgehead atoms. The normalized spacial score (nSPS) is 10.8.